The van der Waals surface area contributed by atoms with Crippen LogP contribution in [0, 0.1) is 0 Å². The molecule has 0 saturated carbocycles. The molecule has 0 aliphatic carbocycles. The number of nitrogens with zero attached hydrogens (tertiary/aromatic N) is 2. The van der Waals surface area contributed by atoms with Crippen molar-refractivity contribution in [3.8, 4) is 22.8 Å². The Morgan fingerprint density at radius 1 is 0.500 bits per heavy atom. The van der Waals surface area contributed by atoms with Gasteiger partial charge in [0.05, 0.1) is 22.1 Å². The largest absolute Gasteiger partial charge is 0.457 e. The van der Waals surface area contributed by atoms with Crippen LogP contribution in [0.2, 0.25) is 0 Å². The van der Waals surface area contributed by atoms with Crippen molar-refractivity contribution >= 4 is 21.8 Å². The van der Waals surface area contributed by atoms with Crippen LogP contribution in [0.5, 0.6) is 11.5 Å². The van der Waals surface area contributed by atoms with E-state index in [9.17, 15) is 0 Å². The quantitative estimate of drug-likeness (QED) is 0.222. The van der Waals surface area contributed by atoms with E-state index in [-0.39, 0.29) is 0 Å². The number of aromatic nitrogens is 2. The maximum Gasteiger partial charge on any atom is 0.132 e. The summed E-state index contributed by atoms with van der Waals surface area (Å²) in [5, 5.41) is 2.15. The van der Waals surface area contributed by atoms with Gasteiger partial charge in [0.2, 0.25) is 0 Å². The van der Waals surface area contributed by atoms with Gasteiger partial charge in [-0.15, -0.1) is 0 Å². The van der Waals surface area contributed by atoms with E-state index in [0.29, 0.717) is 0 Å². The molecule has 0 atom stereocenters. The molecule has 0 spiro atoms. The molecule has 8 rings (SSSR count). The minimum absolute atomic E-state index is 0.614. The van der Waals surface area contributed by atoms with Gasteiger partial charge in [-0.2, -0.15) is 0 Å². The maximum absolute atomic E-state index is 6.66. The number of benzene rings is 5. The lowest BCUT2D eigenvalue weighted by molar-refractivity contribution is 0.435. The molecule has 188 valence electrons. The summed E-state index contributed by atoms with van der Waals surface area (Å²) in [5.74, 6) is 1.70. The number of rotatable bonds is 3. The third-order valence-corrected chi connectivity index (χ3v) is 8.03. The van der Waals surface area contributed by atoms with E-state index in [2.05, 4.69) is 127 Å². The lowest BCUT2D eigenvalue weighted by atomic mass is 9.62. The van der Waals surface area contributed by atoms with Crippen LogP contribution in [0.1, 0.15) is 22.3 Å². The Balaban J connectivity index is 1.51. The van der Waals surface area contributed by atoms with Crippen molar-refractivity contribution < 1.29 is 4.74 Å². The first-order valence-corrected chi connectivity index (χ1v) is 13.5. The van der Waals surface area contributed by atoms with E-state index in [1.807, 2.05) is 18.3 Å². The highest BCUT2D eigenvalue weighted by molar-refractivity contribution is 6.03. The van der Waals surface area contributed by atoms with Crippen LogP contribution in [-0.2, 0) is 5.41 Å². The highest BCUT2D eigenvalue weighted by atomic mass is 16.5. The van der Waals surface area contributed by atoms with E-state index in [0.717, 1.165) is 55.7 Å². The van der Waals surface area contributed by atoms with Gasteiger partial charge in [-0.1, -0.05) is 115 Å². The van der Waals surface area contributed by atoms with Gasteiger partial charge in [0.1, 0.15) is 11.5 Å². The first-order chi connectivity index (χ1) is 19.8. The molecular weight excluding hydrogens is 488 g/mol. The zero-order chi connectivity index (χ0) is 26.5. The van der Waals surface area contributed by atoms with Gasteiger partial charge >= 0.3 is 0 Å². The average Bonchev–Trinajstić information content (AvgIpc) is 3.04. The van der Waals surface area contributed by atoms with Crippen molar-refractivity contribution in [2.24, 2.45) is 0 Å². The highest BCUT2D eigenvalue weighted by Crippen LogP contribution is 2.57. The summed E-state index contributed by atoms with van der Waals surface area (Å²) in [7, 11) is 0. The molecule has 5 aromatic carbocycles. The fourth-order valence-electron chi connectivity index (χ4n) is 6.35. The van der Waals surface area contributed by atoms with Gasteiger partial charge < -0.3 is 4.74 Å². The molecule has 1 aliphatic heterocycles. The molecule has 3 heterocycles. The van der Waals surface area contributed by atoms with Crippen molar-refractivity contribution in [2.75, 3.05) is 0 Å². The van der Waals surface area contributed by atoms with Gasteiger partial charge in [0, 0.05) is 33.7 Å². The number of hydrogen-bond donors (Lipinski definition) is 0. The lowest BCUT2D eigenvalue weighted by Gasteiger charge is -2.42. The molecular formula is C37H24N2O. The average molecular weight is 513 g/mol. The molecule has 0 radical (unpaired) electrons. The van der Waals surface area contributed by atoms with Crippen LogP contribution in [0.4, 0.5) is 0 Å². The minimum atomic E-state index is -0.614. The minimum Gasteiger partial charge on any atom is -0.457 e. The smallest absolute Gasteiger partial charge is 0.132 e. The summed E-state index contributed by atoms with van der Waals surface area (Å²) in [6, 6.07) is 48.8. The highest BCUT2D eigenvalue weighted by Gasteiger charge is 2.46. The van der Waals surface area contributed by atoms with Crippen LogP contribution in [0.25, 0.3) is 33.1 Å². The SMILES string of the molecule is c1ccc(C2(c3ccccc3)c3ccccc3Oc3cccc(-c4ccc5ccc6cccnc6c5n4)c32)cc1. The van der Waals surface area contributed by atoms with E-state index in [1.54, 1.807) is 0 Å². The topological polar surface area (TPSA) is 35.0 Å². The molecule has 7 aromatic rings. The molecule has 3 nitrogen and oxygen atoms in total. The molecule has 1 aliphatic rings. The fraction of sp³-hybridized carbons (Fsp3) is 0.0270. The molecule has 0 fully saturated rings. The van der Waals surface area contributed by atoms with Crippen molar-refractivity contribution in [1.82, 2.24) is 9.97 Å². The summed E-state index contributed by atoms with van der Waals surface area (Å²) < 4.78 is 6.66. The first-order valence-electron chi connectivity index (χ1n) is 13.5. The first kappa shape index (κ1) is 22.7. The van der Waals surface area contributed by atoms with Crippen LogP contribution in [0.15, 0.2) is 146 Å². The zero-order valence-corrected chi connectivity index (χ0v) is 21.7. The van der Waals surface area contributed by atoms with Gasteiger partial charge in [-0.25, -0.2) is 4.98 Å². The molecule has 0 bridgehead atoms. The van der Waals surface area contributed by atoms with E-state index >= 15 is 0 Å². The molecule has 3 heteroatoms. The number of para-hydroxylation sites is 1. The summed E-state index contributed by atoms with van der Waals surface area (Å²) in [5.41, 5.74) is 7.68. The predicted octanol–water partition coefficient (Wildman–Crippen LogP) is 8.94. The number of pyridine rings is 2. The molecule has 40 heavy (non-hydrogen) atoms. The lowest BCUT2D eigenvalue weighted by Crippen LogP contribution is -2.34. The Morgan fingerprint density at radius 2 is 1.15 bits per heavy atom. The molecule has 0 N–H and O–H groups in total. The van der Waals surface area contributed by atoms with Crippen molar-refractivity contribution in [3.05, 3.63) is 168 Å². The second kappa shape index (κ2) is 8.89. The monoisotopic (exact) mass is 512 g/mol. The number of fused-ring (bicyclic) bond motifs is 5. The van der Waals surface area contributed by atoms with Crippen LogP contribution >= 0.6 is 0 Å². The van der Waals surface area contributed by atoms with Gasteiger partial charge in [0.15, 0.2) is 0 Å². The standard InChI is InChI=1S/C37H24N2O/c1-3-12-27(13-4-1)37(28-14-5-2-6-15-28)30-17-7-8-18-32(30)40-33-19-9-16-29(34(33)37)31-23-22-26-21-20-25-11-10-24-38-35(25)36(26)39-31/h1-24H. The van der Waals surface area contributed by atoms with Crippen LogP contribution in [0.3, 0.4) is 0 Å². The fourth-order valence-corrected chi connectivity index (χ4v) is 6.35. The van der Waals surface area contributed by atoms with Crippen molar-refractivity contribution in [1.29, 1.82) is 0 Å². The predicted molar refractivity (Wildman–Crippen MR) is 161 cm³/mol. The van der Waals surface area contributed by atoms with Gasteiger partial charge in [0.25, 0.3) is 0 Å². The summed E-state index contributed by atoms with van der Waals surface area (Å²) in [6.45, 7) is 0. The van der Waals surface area contributed by atoms with E-state index in [4.69, 9.17) is 14.7 Å². The van der Waals surface area contributed by atoms with Gasteiger partial charge in [-0.05, 0) is 35.4 Å². The number of ether oxygens (including phenoxy) is 1. The molecule has 2 aromatic heterocycles. The summed E-state index contributed by atoms with van der Waals surface area (Å²) in [6.07, 6.45) is 1.83. The summed E-state index contributed by atoms with van der Waals surface area (Å²) >= 11 is 0. The Bertz CT molecular complexity index is 1990. The summed E-state index contributed by atoms with van der Waals surface area (Å²) in [4.78, 5) is 9.97. The number of hydrogen-bond acceptors (Lipinski definition) is 3. The third-order valence-electron chi connectivity index (χ3n) is 8.03. The maximum atomic E-state index is 6.66. The van der Waals surface area contributed by atoms with Crippen molar-refractivity contribution in [3.63, 3.8) is 0 Å². The van der Waals surface area contributed by atoms with E-state index in [1.165, 1.54) is 11.1 Å². The second-order valence-electron chi connectivity index (χ2n) is 10.2. The van der Waals surface area contributed by atoms with Crippen LogP contribution < -0.4 is 4.74 Å². The van der Waals surface area contributed by atoms with Crippen molar-refractivity contribution in [2.45, 2.75) is 5.41 Å². The Hall–Kier alpha value is -5.28. The van der Waals surface area contributed by atoms with Crippen LogP contribution in [-0.4, -0.2) is 9.97 Å². The zero-order valence-electron chi connectivity index (χ0n) is 21.7. The molecule has 0 amide bonds. The molecule has 0 unspecified atom stereocenters. The Morgan fingerprint density at radius 3 is 1.93 bits per heavy atom. The van der Waals surface area contributed by atoms with E-state index < -0.39 is 5.41 Å². The second-order valence-corrected chi connectivity index (χ2v) is 10.2. The Kier molecular flexibility index (Phi) is 5.04. The Labute approximate surface area is 232 Å². The normalized spacial score (nSPS) is 13.4. The third kappa shape index (κ3) is 3.25. The van der Waals surface area contributed by atoms with Gasteiger partial charge in [-0.3, -0.25) is 4.98 Å². The molecule has 0 saturated heterocycles.